The second kappa shape index (κ2) is 4.74. The molecule has 1 aromatic carbocycles. The zero-order chi connectivity index (χ0) is 12.3. The molecule has 0 unspecified atom stereocenters. The SMILES string of the molecule is Cc1cccc(NC(=O)c2ncccc2F)c1. The molecule has 1 heterocycles. The van der Waals surface area contributed by atoms with Crippen LogP contribution >= 0.6 is 0 Å². The van der Waals surface area contributed by atoms with Crippen molar-refractivity contribution in [2.75, 3.05) is 5.32 Å². The Labute approximate surface area is 98.3 Å². The molecule has 0 aliphatic rings. The highest BCUT2D eigenvalue weighted by atomic mass is 19.1. The Morgan fingerprint density at radius 3 is 2.82 bits per heavy atom. The van der Waals surface area contributed by atoms with E-state index in [9.17, 15) is 9.18 Å². The average molecular weight is 230 g/mol. The van der Waals surface area contributed by atoms with Crippen LogP contribution in [0.3, 0.4) is 0 Å². The van der Waals surface area contributed by atoms with Gasteiger partial charge < -0.3 is 5.32 Å². The summed E-state index contributed by atoms with van der Waals surface area (Å²) in [7, 11) is 0. The van der Waals surface area contributed by atoms with Gasteiger partial charge in [-0.05, 0) is 36.8 Å². The van der Waals surface area contributed by atoms with Crippen LogP contribution in [0.2, 0.25) is 0 Å². The Bertz CT molecular complexity index is 555. The lowest BCUT2D eigenvalue weighted by atomic mass is 10.2. The number of rotatable bonds is 2. The standard InChI is InChI=1S/C13H11FN2O/c1-9-4-2-5-10(8-9)16-13(17)12-11(14)6-3-7-15-12/h2-8H,1H3,(H,16,17). The van der Waals surface area contributed by atoms with E-state index >= 15 is 0 Å². The summed E-state index contributed by atoms with van der Waals surface area (Å²) in [6.07, 6.45) is 1.38. The van der Waals surface area contributed by atoms with Gasteiger partial charge in [0.1, 0.15) is 0 Å². The lowest BCUT2D eigenvalue weighted by molar-refractivity contribution is 0.101. The Kier molecular flexibility index (Phi) is 3.14. The number of aryl methyl sites for hydroxylation is 1. The fraction of sp³-hybridized carbons (Fsp3) is 0.0769. The Hall–Kier alpha value is -2.23. The van der Waals surface area contributed by atoms with Crippen molar-refractivity contribution in [2.24, 2.45) is 0 Å². The number of pyridine rings is 1. The zero-order valence-corrected chi connectivity index (χ0v) is 9.27. The number of hydrogen-bond acceptors (Lipinski definition) is 2. The van der Waals surface area contributed by atoms with E-state index in [1.54, 1.807) is 12.1 Å². The minimum Gasteiger partial charge on any atom is -0.321 e. The quantitative estimate of drug-likeness (QED) is 0.861. The molecule has 0 saturated carbocycles. The molecule has 2 rings (SSSR count). The van der Waals surface area contributed by atoms with Crippen LogP contribution in [0.1, 0.15) is 16.1 Å². The van der Waals surface area contributed by atoms with Gasteiger partial charge in [-0.2, -0.15) is 0 Å². The second-order valence-electron chi connectivity index (χ2n) is 3.66. The number of benzene rings is 1. The van der Waals surface area contributed by atoms with Gasteiger partial charge in [-0.15, -0.1) is 0 Å². The minimum absolute atomic E-state index is 0.200. The maximum absolute atomic E-state index is 13.3. The molecule has 0 aliphatic carbocycles. The van der Waals surface area contributed by atoms with Crippen LogP contribution in [0.5, 0.6) is 0 Å². The van der Waals surface area contributed by atoms with Crippen LogP contribution in [0.25, 0.3) is 0 Å². The van der Waals surface area contributed by atoms with Crippen LogP contribution in [0.15, 0.2) is 42.6 Å². The molecule has 0 radical (unpaired) electrons. The van der Waals surface area contributed by atoms with Gasteiger partial charge >= 0.3 is 0 Å². The first-order valence-corrected chi connectivity index (χ1v) is 5.15. The molecule has 86 valence electrons. The summed E-state index contributed by atoms with van der Waals surface area (Å²) in [5.41, 5.74) is 1.44. The molecule has 0 atom stereocenters. The number of halogens is 1. The molecule has 0 bridgehead atoms. The van der Waals surface area contributed by atoms with E-state index in [1.807, 2.05) is 19.1 Å². The normalized spacial score (nSPS) is 10.0. The van der Waals surface area contributed by atoms with E-state index in [4.69, 9.17) is 0 Å². The number of aromatic nitrogens is 1. The average Bonchev–Trinajstić information content (AvgIpc) is 2.29. The van der Waals surface area contributed by atoms with Crippen molar-refractivity contribution in [1.29, 1.82) is 0 Å². The number of nitrogens with one attached hydrogen (secondary N) is 1. The van der Waals surface area contributed by atoms with Gasteiger partial charge in [0.15, 0.2) is 11.5 Å². The molecule has 1 N–H and O–H groups in total. The topological polar surface area (TPSA) is 42.0 Å². The maximum atomic E-state index is 13.3. The molecule has 1 aromatic heterocycles. The van der Waals surface area contributed by atoms with Crippen LogP contribution in [0.4, 0.5) is 10.1 Å². The van der Waals surface area contributed by atoms with Crippen molar-refractivity contribution in [3.05, 3.63) is 59.7 Å². The van der Waals surface area contributed by atoms with Crippen LogP contribution in [-0.4, -0.2) is 10.9 Å². The van der Waals surface area contributed by atoms with E-state index < -0.39 is 11.7 Å². The zero-order valence-electron chi connectivity index (χ0n) is 9.27. The molecule has 0 aliphatic heterocycles. The summed E-state index contributed by atoms with van der Waals surface area (Å²) < 4.78 is 13.3. The van der Waals surface area contributed by atoms with Crippen molar-refractivity contribution in [3.8, 4) is 0 Å². The third kappa shape index (κ3) is 2.66. The summed E-state index contributed by atoms with van der Waals surface area (Å²) in [6, 6.07) is 9.93. The highest BCUT2D eigenvalue weighted by molar-refractivity contribution is 6.03. The van der Waals surface area contributed by atoms with Crippen molar-refractivity contribution in [3.63, 3.8) is 0 Å². The molecule has 0 saturated heterocycles. The minimum atomic E-state index is -0.627. The molecule has 0 fully saturated rings. The Morgan fingerprint density at radius 1 is 1.29 bits per heavy atom. The van der Waals surface area contributed by atoms with E-state index in [2.05, 4.69) is 10.3 Å². The van der Waals surface area contributed by atoms with Crippen molar-refractivity contribution >= 4 is 11.6 Å². The fourth-order valence-corrected chi connectivity index (χ4v) is 1.47. The second-order valence-corrected chi connectivity index (χ2v) is 3.66. The number of hydrogen-bond donors (Lipinski definition) is 1. The number of nitrogens with zero attached hydrogens (tertiary/aromatic N) is 1. The highest BCUT2D eigenvalue weighted by Gasteiger charge is 2.12. The lowest BCUT2D eigenvalue weighted by Gasteiger charge is -2.05. The third-order valence-corrected chi connectivity index (χ3v) is 2.25. The highest BCUT2D eigenvalue weighted by Crippen LogP contribution is 2.11. The molecular formula is C13H11FN2O. The first-order valence-electron chi connectivity index (χ1n) is 5.15. The van der Waals surface area contributed by atoms with Crippen molar-refractivity contribution < 1.29 is 9.18 Å². The van der Waals surface area contributed by atoms with E-state index in [0.29, 0.717) is 5.69 Å². The van der Waals surface area contributed by atoms with Gasteiger partial charge in [-0.25, -0.2) is 9.37 Å². The van der Waals surface area contributed by atoms with E-state index in [1.165, 1.54) is 18.3 Å². The predicted octanol–water partition coefficient (Wildman–Crippen LogP) is 2.78. The Morgan fingerprint density at radius 2 is 2.12 bits per heavy atom. The molecule has 0 spiro atoms. The number of amides is 1. The van der Waals surface area contributed by atoms with Gasteiger partial charge in [-0.1, -0.05) is 12.1 Å². The lowest BCUT2D eigenvalue weighted by Crippen LogP contribution is -2.15. The van der Waals surface area contributed by atoms with Gasteiger partial charge in [0.25, 0.3) is 5.91 Å². The van der Waals surface area contributed by atoms with E-state index in [-0.39, 0.29) is 5.69 Å². The molecule has 17 heavy (non-hydrogen) atoms. The molecule has 2 aromatic rings. The monoisotopic (exact) mass is 230 g/mol. The van der Waals surface area contributed by atoms with Gasteiger partial charge in [0.2, 0.25) is 0 Å². The number of carbonyl (C=O) groups is 1. The summed E-state index contributed by atoms with van der Waals surface area (Å²) in [5.74, 6) is -1.17. The summed E-state index contributed by atoms with van der Waals surface area (Å²) in [6.45, 7) is 1.91. The summed E-state index contributed by atoms with van der Waals surface area (Å²) in [4.78, 5) is 15.4. The molecule has 4 heteroatoms. The van der Waals surface area contributed by atoms with Gasteiger partial charge in [-0.3, -0.25) is 4.79 Å². The first kappa shape index (κ1) is 11.3. The summed E-state index contributed by atoms with van der Waals surface area (Å²) in [5, 5.41) is 2.60. The summed E-state index contributed by atoms with van der Waals surface area (Å²) >= 11 is 0. The van der Waals surface area contributed by atoms with Crippen molar-refractivity contribution in [1.82, 2.24) is 4.98 Å². The molecule has 3 nitrogen and oxygen atoms in total. The largest absolute Gasteiger partial charge is 0.321 e. The number of carbonyl (C=O) groups excluding carboxylic acids is 1. The van der Waals surface area contributed by atoms with Crippen LogP contribution in [0, 0.1) is 12.7 Å². The maximum Gasteiger partial charge on any atom is 0.277 e. The van der Waals surface area contributed by atoms with E-state index in [0.717, 1.165) is 5.56 Å². The van der Waals surface area contributed by atoms with Gasteiger partial charge in [0, 0.05) is 11.9 Å². The van der Waals surface area contributed by atoms with Crippen LogP contribution in [-0.2, 0) is 0 Å². The van der Waals surface area contributed by atoms with Gasteiger partial charge in [0.05, 0.1) is 0 Å². The fourth-order valence-electron chi connectivity index (χ4n) is 1.47. The molecule has 1 amide bonds. The third-order valence-electron chi connectivity index (χ3n) is 2.25. The van der Waals surface area contributed by atoms with Crippen molar-refractivity contribution in [2.45, 2.75) is 6.92 Å². The smallest absolute Gasteiger partial charge is 0.277 e. The Balaban J connectivity index is 2.20. The first-order chi connectivity index (χ1) is 8.16. The molecular weight excluding hydrogens is 219 g/mol. The van der Waals surface area contributed by atoms with Crippen LogP contribution < -0.4 is 5.32 Å². The number of anilines is 1. The predicted molar refractivity (Wildman–Crippen MR) is 63.3 cm³/mol.